The van der Waals surface area contributed by atoms with Gasteiger partial charge in [0.15, 0.2) is 5.16 Å². The minimum absolute atomic E-state index is 0.481. The van der Waals surface area contributed by atoms with Crippen LogP contribution in [0.15, 0.2) is 21.7 Å². The molecule has 6 nitrogen and oxygen atoms in total. The van der Waals surface area contributed by atoms with Crippen LogP contribution in [0, 0.1) is 6.92 Å². The van der Waals surface area contributed by atoms with Crippen molar-refractivity contribution in [1.82, 2.24) is 24.6 Å². The van der Waals surface area contributed by atoms with Crippen LogP contribution in [0.2, 0.25) is 0 Å². The lowest BCUT2D eigenvalue weighted by Crippen LogP contribution is -2.34. The maximum atomic E-state index is 5.80. The summed E-state index contributed by atoms with van der Waals surface area (Å²) in [6.07, 6.45) is 7.63. The predicted molar refractivity (Wildman–Crippen MR) is 127 cm³/mol. The normalized spacial score (nSPS) is 20.4. The summed E-state index contributed by atoms with van der Waals surface area (Å²) in [5, 5.41) is 10.2. The highest BCUT2D eigenvalue weighted by atomic mass is 32.2. The molecule has 4 heterocycles. The average molecular weight is 446 g/mol. The molecule has 0 N–H and O–H groups in total. The van der Waals surface area contributed by atoms with E-state index in [1.54, 1.807) is 0 Å². The largest absolute Gasteiger partial charge is 0.466 e. The number of rotatable bonds is 9. The monoisotopic (exact) mass is 445 g/mol. The highest BCUT2D eigenvalue weighted by Gasteiger charge is 2.25. The Morgan fingerprint density at radius 1 is 1.03 bits per heavy atom. The van der Waals surface area contributed by atoms with Crippen molar-refractivity contribution < 1.29 is 4.42 Å². The molecule has 2 aliphatic rings. The summed E-state index contributed by atoms with van der Waals surface area (Å²) in [5.41, 5.74) is 0. The average Bonchev–Trinajstić information content (AvgIpc) is 3.39. The second kappa shape index (κ2) is 11.0. The number of furan rings is 1. The fourth-order valence-electron chi connectivity index (χ4n) is 4.91. The van der Waals surface area contributed by atoms with Crippen LogP contribution in [-0.4, -0.2) is 69.6 Å². The van der Waals surface area contributed by atoms with Gasteiger partial charge in [0.2, 0.25) is 0 Å². The highest BCUT2D eigenvalue weighted by molar-refractivity contribution is 7.99. The maximum Gasteiger partial charge on any atom is 0.191 e. The van der Waals surface area contributed by atoms with Crippen molar-refractivity contribution in [1.29, 1.82) is 0 Å². The van der Waals surface area contributed by atoms with Gasteiger partial charge in [0.05, 0.1) is 0 Å². The molecule has 2 aliphatic heterocycles. The van der Waals surface area contributed by atoms with E-state index in [-0.39, 0.29) is 0 Å². The third-order valence-corrected chi connectivity index (χ3v) is 8.03. The van der Waals surface area contributed by atoms with Crippen molar-refractivity contribution in [3.63, 3.8) is 0 Å². The molecular formula is C24H39N5OS. The van der Waals surface area contributed by atoms with Crippen molar-refractivity contribution in [2.45, 2.75) is 69.4 Å². The first kappa shape index (κ1) is 22.9. The van der Waals surface area contributed by atoms with E-state index in [4.69, 9.17) is 4.42 Å². The van der Waals surface area contributed by atoms with Gasteiger partial charge in [-0.3, -0.25) is 0 Å². The zero-order chi connectivity index (χ0) is 21.6. The van der Waals surface area contributed by atoms with Crippen LogP contribution in [0.1, 0.15) is 74.6 Å². The standard InChI is InChI=1S/C24H39N5OS/c1-19(22-8-7-20(2)30-22)9-14-29-15-10-21(11-16-29)23-25-26-24(27(23)3)31-18-17-28-12-5-4-6-13-28/h7-8,19,21H,4-6,9-18H2,1-3H3/t19-/m0/s1. The fourth-order valence-corrected chi connectivity index (χ4v) is 5.83. The van der Waals surface area contributed by atoms with E-state index in [1.807, 2.05) is 18.7 Å². The van der Waals surface area contributed by atoms with Crippen LogP contribution in [-0.2, 0) is 7.05 Å². The lowest BCUT2D eigenvalue weighted by molar-refractivity contribution is 0.200. The first-order chi connectivity index (χ1) is 15.1. The van der Waals surface area contributed by atoms with Gasteiger partial charge >= 0.3 is 0 Å². The molecule has 0 radical (unpaired) electrons. The highest BCUT2D eigenvalue weighted by Crippen LogP contribution is 2.30. The third kappa shape index (κ3) is 6.14. The number of nitrogens with zero attached hydrogens (tertiary/aromatic N) is 5. The molecule has 2 saturated heterocycles. The van der Waals surface area contributed by atoms with Gasteiger partial charge in [-0.1, -0.05) is 25.1 Å². The van der Waals surface area contributed by atoms with E-state index in [9.17, 15) is 0 Å². The molecule has 172 valence electrons. The summed E-state index contributed by atoms with van der Waals surface area (Å²) < 4.78 is 8.05. The molecule has 0 amide bonds. The van der Waals surface area contributed by atoms with Crippen LogP contribution in [0.4, 0.5) is 0 Å². The summed E-state index contributed by atoms with van der Waals surface area (Å²) in [6, 6.07) is 4.20. The Labute approximate surface area is 191 Å². The second-order valence-corrected chi connectivity index (χ2v) is 10.5. The third-order valence-electron chi connectivity index (χ3n) is 7.03. The molecule has 0 saturated carbocycles. The number of thioether (sulfide) groups is 1. The zero-order valence-electron chi connectivity index (χ0n) is 19.6. The first-order valence-corrected chi connectivity index (χ1v) is 13.1. The van der Waals surface area contributed by atoms with Gasteiger partial charge in [0, 0.05) is 31.2 Å². The summed E-state index contributed by atoms with van der Waals surface area (Å²) in [7, 11) is 2.15. The Kier molecular flexibility index (Phi) is 8.13. The molecule has 2 aromatic rings. The minimum Gasteiger partial charge on any atom is -0.466 e. The zero-order valence-corrected chi connectivity index (χ0v) is 20.4. The van der Waals surface area contributed by atoms with Gasteiger partial charge in [0.1, 0.15) is 17.3 Å². The Morgan fingerprint density at radius 2 is 1.77 bits per heavy atom. The summed E-state index contributed by atoms with van der Waals surface area (Å²) in [5.74, 6) is 5.44. The SMILES string of the molecule is Cc1ccc([C@@H](C)CCN2CCC(c3nnc(SCCN4CCCCC4)n3C)CC2)o1. The lowest BCUT2D eigenvalue weighted by atomic mass is 9.95. The van der Waals surface area contributed by atoms with Gasteiger partial charge in [-0.05, 0) is 83.9 Å². The first-order valence-electron chi connectivity index (χ1n) is 12.1. The topological polar surface area (TPSA) is 50.3 Å². The number of hydrogen-bond donors (Lipinski definition) is 0. The van der Waals surface area contributed by atoms with Crippen LogP contribution in [0.5, 0.6) is 0 Å². The molecule has 0 unspecified atom stereocenters. The van der Waals surface area contributed by atoms with E-state index in [0.29, 0.717) is 11.8 Å². The predicted octanol–water partition coefficient (Wildman–Crippen LogP) is 4.67. The molecule has 1 atom stereocenters. The summed E-state index contributed by atoms with van der Waals surface area (Å²) in [6.45, 7) is 11.4. The number of aryl methyl sites for hydroxylation is 1. The Balaban J connectivity index is 1.19. The van der Waals surface area contributed by atoms with Gasteiger partial charge in [-0.15, -0.1) is 10.2 Å². The summed E-state index contributed by atoms with van der Waals surface area (Å²) >= 11 is 1.87. The Morgan fingerprint density at radius 3 is 2.48 bits per heavy atom. The van der Waals surface area contributed by atoms with Crippen LogP contribution in [0.3, 0.4) is 0 Å². The van der Waals surface area contributed by atoms with Crippen molar-refractivity contribution in [2.75, 3.05) is 45.0 Å². The molecule has 31 heavy (non-hydrogen) atoms. The van der Waals surface area contributed by atoms with E-state index in [2.05, 4.69) is 50.7 Å². The van der Waals surface area contributed by atoms with Gasteiger partial charge in [-0.2, -0.15) is 0 Å². The molecule has 2 aromatic heterocycles. The van der Waals surface area contributed by atoms with Gasteiger partial charge in [0.25, 0.3) is 0 Å². The van der Waals surface area contributed by atoms with Crippen molar-refractivity contribution in [3.8, 4) is 0 Å². The number of likely N-dealkylation sites (tertiary alicyclic amines) is 2. The second-order valence-electron chi connectivity index (χ2n) is 9.40. The lowest BCUT2D eigenvalue weighted by Gasteiger charge is -2.31. The van der Waals surface area contributed by atoms with Crippen LogP contribution < -0.4 is 0 Å². The molecular weight excluding hydrogens is 406 g/mol. The molecule has 0 aromatic carbocycles. The Hall–Kier alpha value is -1.31. The molecule has 0 aliphatic carbocycles. The van der Waals surface area contributed by atoms with E-state index in [1.165, 1.54) is 57.6 Å². The van der Waals surface area contributed by atoms with E-state index in [0.717, 1.165) is 48.5 Å². The van der Waals surface area contributed by atoms with Gasteiger partial charge in [-0.25, -0.2) is 0 Å². The van der Waals surface area contributed by atoms with Crippen molar-refractivity contribution >= 4 is 11.8 Å². The van der Waals surface area contributed by atoms with Crippen molar-refractivity contribution in [2.24, 2.45) is 7.05 Å². The van der Waals surface area contributed by atoms with Crippen LogP contribution in [0.25, 0.3) is 0 Å². The molecule has 0 bridgehead atoms. The Bertz CT molecular complexity index is 805. The number of aromatic nitrogens is 3. The van der Waals surface area contributed by atoms with Crippen LogP contribution >= 0.6 is 11.8 Å². The minimum atomic E-state index is 0.481. The number of hydrogen-bond acceptors (Lipinski definition) is 6. The molecule has 2 fully saturated rings. The summed E-state index contributed by atoms with van der Waals surface area (Å²) in [4.78, 5) is 5.20. The van der Waals surface area contributed by atoms with E-state index >= 15 is 0 Å². The fraction of sp³-hybridized carbons (Fsp3) is 0.750. The van der Waals surface area contributed by atoms with Gasteiger partial charge < -0.3 is 18.8 Å². The van der Waals surface area contributed by atoms with Crippen molar-refractivity contribution in [3.05, 3.63) is 29.5 Å². The quantitative estimate of drug-likeness (QED) is 0.523. The number of piperidine rings is 2. The molecule has 7 heteroatoms. The molecule has 4 rings (SSSR count). The molecule has 0 spiro atoms. The smallest absolute Gasteiger partial charge is 0.191 e. The van der Waals surface area contributed by atoms with E-state index < -0.39 is 0 Å². The maximum absolute atomic E-state index is 5.80.